The fourth-order valence-corrected chi connectivity index (χ4v) is 2.49. The summed E-state index contributed by atoms with van der Waals surface area (Å²) in [7, 11) is -4.94. The van der Waals surface area contributed by atoms with E-state index in [0.717, 1.165) is 0 Å². The first-order valence-corrected chi connectivity index (χ1v) is 6.13. The van der Waals surface area contributed by atoms with Crippen molar-refractivity contribution in [3.05, 3.63) is 28.9 Å². The summed E-state index contributed by atoms with van der Waals surface area (Å²) in [6.07, 6.45) is 0. The van der Waals surface area contributed by atoms with Crippen molar-refractivity contribution in [2.75, 3.05) is 0 Å². The molecule has 7 heteroatoms. The molecule has 0 aliphatic heterocycles. The zero-order chi connectivity index (χ0) is 11.5. The average molecular weight is 254 g/mol. The van der Waals surface area contributed by atoms with Crippen molar-refractivity contribution in [1.82, 2.24) is 0 Å². The van der Waals surface area contributed by atoms with Crippen LogP contribution in [0.4, 0.5) is 0 Å². The van der Waals surface area contributed by atoms with Crippen molar-refractivity contribution in [1.29, 1.82) is 0 Å². The van der Waals surface area contributed by atoms with Crippen LogP contribution in [0.5, 0.6) is 0 Å². The molecular formula is C7H5ClO4S2. The maximum atomic E-state index is 8.49. The van der Waals surface area contributed by atoms with E-state index in [2.05, 4.69) is 12.1 Å². The lowest BCUT2D eigenvalue weighted by molar-refractivity contribution is -2.00. The molecule has 2 aromatic rings. The van der Waals surface area contributed by atoms with E-state index in [9.17, 15) is 0 Å². The van der Waals surface area contributed by atoms with Crippen LogP contribution in [0.1, 0.15) is 1.37 Å². The Morgan fingerprint density at radius 3 is 1.79 bits per heavy atom. The van der Waals surface area contributed by atoms with E-state index in [1.54, 1.807) is 0 Å². The topological polar surface area (TPSA) is 92.2 Å². The Labute approximate surface area is 91.5 Å². The number of hydrogen-bond acceptors (Lipinski definition) is 6. The van der Waals surface area contributed by atoms with Crippen LogP contribution in [0.15, 0.2) is 28.9 Å². The van der Waals surface area contributed by atoms with E-state index in [1.807, 2.05) is 12.1 Å². The highest BCUT2D eigenvalue weighted by atomic mass is 35.7. The molecule has 0 spiro atoms. The van der Waals surface area contributed by atoms with Crippen molar-refractivity contribution in [3.63, 3.8) is 0 Å². The molecule has 0 unspecified atom stereocenters. The first kappa shape index (κ1) is 10.2. The Morgan fingerprint density at radius 2 is 1.43 bits per heavy atom. The molecule has 0 aliphatic rings. The molecule has 0 aliphatic carbocycles. The Bertz CT molecular complexity index is 403. The highest BCUT2D eigenvalue weighted by Crippen LogP contribution is 2.24. The zero-order valence-corrected chi connectivity index (χ0v) is 9.03. The molecule has 0 N–H and O–H groups in total. The van der Waals surface area contributed by atoms with Crippen LogP contribution in [0.25, 0.3) is 9.40 Å². The zero-order valence-electron chi connectivity index (χ0n) is 7.64. The van der Waals surface area contributed by atoms with Gasteiger partial charge in [0.05, 0.1) is 0 Å². The Kier molecular flexibility index (Phi) is 3.60. The largest absolute Gasteiger partial charge is 0.222 e. The molecule has 1 aromatic carbocycles. The van der Waals surface area contributed by atoms with Crippen LogP contribution < -0.4 is 18.6 Å². The van der Waals surface area contributed by atoms with Crippen LogP contribution in [0.2, 0.25) is 0 Å². The molecule has 76 valence electrons. The van der Waals surface area contributed by atoms with Gasteiger partial charge in [0.15, 0.2) is 15.4 Å². The molecule has 4 nitrogen and oxygen atoms in total. The SMILES string of the molecule is [2H][c+]1sc2ccccc2s1.[O-][Cl+3]([O-])([O-])[O-]. The van der Waals surface area contributed by atoms with Gasteiger partial charge >= 0.3 is 0 Å². The highest BCUT2D eigenvalue weighted by molar-refractivity contribution is 7.36. The van der Waals surface area contributed by atoms with Crippen molar-refractivity contribution >= 4 is 32.1 Å². The van der Waals surface area contributed by atoms with Gasteiger partial charge in [-0.15, -0.1) is 10.2 Å². The third-order valence-corrected chi connectivity index (χ3v) is 3.10. The lowest BCUT2D eigenvalue weighted by Gasteiger charge is -2.17. The molecule has 2 rings (SSSR count). The third kappa shape index (κ3) is 4.77. The van der Waals surface area contributed by atoms with E-state index < -0.39 is 10.2 Å². The minimum Gasteiger partial charge on any atom is -0.222 e. The monoisotopic (exact) mass is 253 g/mol. The van der Waals surface area contributed by atoms with Gasteiger partial charge in [-0.25, -0.2) is 18.6 Å². The molecule has 0 saturated heterocycles. The van der Waals surface area contributed by atoms with Gasteiger partial charge in [0.1, 0.15) is 0 Å². The lowest BCUT2D eigenvalue weighted by atomic mass is 10.4. The van der Waals surface area contributed by atoms with Crippen LogP contribution >= 0.6 is 22.7 Å². The summed E-state index contributed by atoms with van der Waals surface area (Å²) in [6.45, 7) is 0. The fraction of sp³-hybridized carbons (Fsp3) is 0. The van der Waals surface area contributed by atoms with Gasteiger partial charge in [-0.3, -0.25) is 0 Å². The number of rotatable bonds is 0. The highest BCUT2D eigenvalue weighted by Gasteiger charge is 2.01. The molecule has 1 aromatic heterocycles. The summed E-state index contributed by atoms with van der Waals surface area (Å²) in [5, 5.41) is 0. The average Bonchev–Trinajstić information content (AvgIpc) is 2.40. The van der Waals surface area contributed by atoms with Crippen molar-refractivity contribution < 1.29 is 30.2 Å². The molecule has 0 bridgehead atoms. The predicted molar refractivity (Wildman–Crippen MR) is 44.1 cm³/mol. The number of halogens is 1. The summed E-state index contributed by atoms with van der Waals surface area (Å²) in [4.78, 5) is 0. The standard InChI is InChI=1S/C7H5S2.ClHO4/c1-2-4-7-6(3-1)8-5-9-7;2-1(3,4)5/h1-5H;(H,2,3,4,5)/q+1;/p-1/i5D;. The normalized spacial score (nSPS) is 11.9. The van der Waals surface area contributed by atoms with Crippen LogP contribution in [-0.2, 0) is 0 Å². The molecule has 14 heavy (non-hydrogen) atoms. The maximum absolute atomic E-state index is 8.49. The van der Waals surface area contributed by atoms with Gasteiger partial charge in [0.2, 0.25) is 0 Å². The van der Waals surface area contributed by atoms with Crippen LogP contribution in [-0.4, -0.2) is 0 Å². The van der Waals surface area contributed by atoms with Crippen LogP contribution in [0.3, 0.4) is 0 Å². The Balaban J connectivity index is 0.000000195. The molecule has 0 radical (unpaired) electrons. The molecule has 1 heterocycles. The number of fused-ring (bicyclic) bond motifs is 1. The second-order valence-electron chi connectivity index (χ2n) is 2.11. The Hall–Kier alpha value is -0.340. The molecule has 0 fully saturated rings. The first-order valence-electron chi connectivity index (χ1n) is 3.76. The van der Waals surface area contributed by atoms with E-state index in [4.69, 9.17) is 20.0 Å². The summed E-state index contributed by atoms with van der Waals surface area (Å²) >= 11 is 3.07. The molecule has 0 atom stereocenters. The van der Waals surface area contributed by atoms with Gasteiger partial charge in [-0.1, -0.05) is 0 Å². The van der Waals surface area contributed by atoms with E-state index in [-0.39, 0.29) is 0 Å². The summed E-state index contributed by atoms with van der Waals surface area (Å²) in [6, 6.07) is 8.11. The minimum atomic E-state index is -4.94. The second kappa shape index (κ2) is 4.94. The van der Waals surface area contributed by atoms with Crippen molar-refractivity contribution in [2.24, 2.45) is 0 Å². The summed E-state index contributed by atoms with van der Waals surface area (Å²) in [5.41, 5.74) is 0. The number of benzene rings is 1. The minimum absolute atomic E-state index is 0.682. The lowest BCUT2D eigenvalue weighted by Crippen LogP contribution is -2.68. The Morgan fingerprint density at radius 1 is 1.07 bits per heavy atom. The first-order chi connectivity index (χ1) is 6.86. The molecular weight excluding hydrogens is 248 g/mol. The third-order valence-electron chi connectivity index (χ3n) is 1.15. The van der Waals surface area contributed by atoms with Crippen molar-refractivity contribution in [2.45, 2.75) is 0 Å². The van der Waals surface area contributed by atoms with E-state index in [0.29, 0.717) is 4.67 Å². The quantitative estimate of drug-likeness (QED) is 0.534. The van der Waals surface area contributed by atoms with Crippen molar-refractivity contribution in [3.8, 4) is 0 Å². The maximum Gasteiger partial charge on any atom is 0.191 e. The van der Waals surface area contributed by atoms with Gasteiger partial charge in [0.25, 0.3) is 0 Å². The summed E-state index contributed by atoms with van der Waals surface area (Å²) < 4.78 is 44.5. The van der Waals surface area contributed by atoms with E-state index >= 15 is 0 Å². The number of hydrogen-bond donors (Lipinski definition) is 0. The molecule has 0 amide bonds. The predicted octanol–water partition coefficient (Wildman–Crippen LogP) is -1.51. The van der Waals surface area contributed by atoms with Gasteiger partial charge in [-0.2, -0.15) is 0 Å². The molecule has 0 saturated carbocycles. The smallest absolute Gasteiger partial charge is 0.191 e. The van der Waals surface area contributed by atoms with Crippen LogP contribution in [0, 0.1) is 10.2 Å². The fourth-order valence-electron chi connectivity index (χ4n) is 0.729. The van der Waals surface area contributed by atoms with Gasteiger partial charge in [0, 0.05) is 34.8 Å². The van der Waals surface area contributed by atoms with E-state index in [1.165, 1.54) is 32.1 Å². The van der Waals surface area contributed by atoms with Gasteiger partial charge < -0.3 is 0 Å². The second-order valence-corrected chi connectivity index (χ2v) is 4.82. The summed E-state index contributed by atoms with van der Waals surface area (Å²) in [5.74, 6) is 0. The van der Waals surface area contributed by atoms with Gasteiger partial charge in [-0.05, 0) is 12.1 Å².